The number of carbonyl (C=O) groups excluding carboxylic acids is 3. The minimum atomic E-state index is -4.12. The van der Waals surface area contributed by atoms with Gasteiger partial charge in [-0.25, -0.2) is 31.1 Å². The van der Waals surface area contributed by atoms with Crippen LogP contribution in [0.3, 0.4) is 0 Å². The molecule has 4 heterocycles. The van der Waals surface area contributed by atoms with Crippen molar-refractivity contribution in [1.29, 1.82) is 0 Å². The van der Waals surface area contributed by atoms with Crippen LogP contribution in [-0.4, -0.2) is 106 Å². The van der Waals surface area contributed by atoms with E-state index in [-0.39, 0.29) is 92.6 Å². The molecule has 0 saturated carbocycles. The molecule has 6 N–H and O–H groups in total. The Hall–Kier alpha value is -7.75. The first-order valence-corrected chi connectivity index (χ1v) is 27.0. The number of nitrogens with zero attached hydrogens (tertiary/aromatic N) is 4. The number of furan rings is 2. The van der Waals surface area contributed by atoms with Crippen molar-refractivity contribution in [2.24, 2.45) is 0 Å². The molecule has 392 valence electrons. The van der Waals surface area contributed by atoms with Gasteiger partial charge in [0.15, 0.2) is 11.5 Å². The van der Waals surface area contributed by atoms with Gasteiger partial charge in [0.1, 0.15) is 11.2 Å². The van der Waals surface area contributed by atoms with Gasteiger partial charge in [-0.05, 0) is 94.7 Å². The number of alkyl halides is 2. The fourth-order valence-electron chi connectivity index (χ4n) is 9.72. The van der Waals surface area contributed by atoms with Gasteiger partial charge >= 0.3 is 6.03 Å². The maximum absolute atomic E-state index is 14.2. The molecule has 2 aliphatic heterocycles. The quantitative estimate of drug-likeness (QED) is 0.0311. The molecule has 76 heavy (non-hydrogen) atoms. The Morgan fingerprint density at radius 3 is 1.37 bits per heavy atom. The van der Waals surface area contributed by atoms with Crippen molar-refractivity contribution in [1.82, 2.24) is 9.44 Å². The maximum atomic E-state index is 14.2. The second-order valence-electron chi connectivity index (χ2n) is 17.7. The Morgan fingerprint density at radius 1 is 0.592 bits per heavy atom. The van der Waals surface area contributed by atoms with E-state index in [9.17, 15) is 51.4 Å². The number of fused-ring (bicyclic) bond motifs is 8. The zero-order valence-electron chi connectivity index (χ0n) is 39.1. The molecule has 6 aromatic carbocycles. The van der Waals surface area contributed by atoms with Crippen LogP contribution >= 0.6 is 23.2 Å². The van der Waals surface area contributed by atoms with Gasteiger partial charge < -0.3 is 39.5 Å². The van der Waals surface area contributed by atoms with Crippen LogP contribution in [0.4, 0.5) is 38.9 Å². The fourth-order valence-corrected chi connectivity index (χ4v) is 12.3. The summed E-state index contributed by atoms with van der Waals surface area (Å²) in [7, 11) is -8.25. The van der Waals surface area contributed by atoms with E-state index < -0.39 is 84.2 Å². The molecular formula is C49H40Cl2N8O15S2. The summed E-state index contributed by atoms with van der Waals surface area (Å²) in [4.78, 5) is 67.3. The lowest BCUT2D eigenvalue weighted by Gasteiger charge is -2.16. The number of aliphatic hydroxyl groups excluding tert-OH is 2. The van der Waals surface area contributed by atoms with Gasteiger partial charge in [-0.15, -0.1) is 23.2 Å². The predicted octanol–water partition coefficient (Wildman–Crippen LogP) is 7.45. The molecule has 2 atom stereocenters. The number of nitrogens with one attached hydrogen (secondary N) is 4. The average molecular weight is 1120 g/mol. The third-order valence-corrected chi connectivity index (χ3v) is 16.7. The fraction of sp³-hybridized carbons (Fsp3) is 0.204. The number of rotatable bonds is 16. The summed E-state index contributed by atoms with van der Waals surface area (Å²) in [5.41, 5.74) is 1.68. The molecular weight excluding hydrogens is 1080 g/mol. The molecule has 0 saturated heterocycles. The molecule has 4 amide bonds. The van der Waals surface area contributed by atoms with Crippen LogP contribution in [0.1, 0.15) is 44.1 Å². The van der Waals surface area contributed by atoms with Gasteiger partial charge in [0.05, 0.1) is 55.0 Å². The Balaban J connectivity index is 0.855. The molecule has 0 fully saturated rings. The molecule has 0 radical (unpaired) electrons. The van der Waals surface area contributed by atoms with Crippen molar-refractivity contribution in [2.45, 2.75) is 21.6 Å². The van der Waals surface area contributed by atoms with Gasteiger partial charge in [-0.1, -0.05) is 12.1 Å². The highest BCUT2D eigenvalue weighted by Crippen LogP contribution is 2.48. The first-order valence-electron chi connectivity index (χ1n) is 23.0. The zero-order chi connectivity index (χ0) is 54.0. The predicted molar refractivity (Wildman–Crippen MR) is 281 cm³/mol. The molecule has 27 heteroatoms. The Bertz CT molecular complexity index is 3760. The van der Waals surface area contributed by atoms with E-state index >= 15 is 0 Å². The summed E-state index contributed by atoms with van der Waals surface area (Å²) in [5.74, 6) is -2.49. The normalized spacial score (nSPS) is 15.4. The van der Waals surface area contributed by atoms with Crippen molar-refractivity contribution in [3.05, 3.63) is 140 Å². The molecule has 10 rings (SSSR count). The van der Waals surface area contributed by atoms with Crippen molar-refractivity contribution < 1.29 is 60.1 Å². The highest BCUT2D eigenvalue weighted by atomic mass is 35.5. The van der Waals surface area contributed by atoms with E-state index in [2.05, 4.69) is 20.1 Å². The number of hydrogen-bond donors (Lipinski definition) is 6. The smallest absolute Gasteiger partial charge is 0.323 e. The summed E-state index contributed by atoms with van der Waals surface area (Å²) in [5, 5.41) is 50.1. The van der Waals surface area contributed by atoms with Crippen LogP contribution in [0.25, 0.3) is 43.5 Å². The number of aliphatic hydroxyl groups is 2. The summed E-state index contributed by atoms with van der Waals surface area (Å²) in [6.45, 7) is -1.40. The van der Waals surface area contributed by atoms with Crippen LogP contribution in [0.2, 0.25) is 0 Å². The molecule has 2 aliphatic rings. The van der Waals surface area contributed by atoms with E-state index in [1.165, 1.54) is 94.7 Å². The highest BCUT2D eigenvalue weighted by Gasteiger charge is 2.40. The van der Waals surface area contributed by atoms with Gasteiger partial charge in [-0.2, -0.15) is 0 Å². The lowest BCUT2D eigenvalue weighted by Crippen LogP contribution is -2.29. The van der Waals surface area contributed by atoms with E-state index in [4.69, 9.17) is 42.2 Å². The molecule has 8 aromatic rings. The number of sulfonamides is 2. The maximum Gasteiger partial charge on any atom is 0.323 e. The van der Waals surface area contributed by atoms with Gasteiger partial charge in [0.25, 0.3) is 23.2 Å². The molecule has 0 aliphatic carbocycles. The molecule has 23 nitrogen and oxygen atoms in total. The van der Waals surface area contributed by atoms with Gasteiger partial charge in [0, 0.05) is 84.1 Å². The molecule has 2 aromatic heterocycles. The number of amides is 4. The third kappa shape index (κ3) is 9.29. The first kappa shape index (κ1) is 51.7. The lowest BCUT2D eigenvalue weighted by molar-refractivity contribution is -0.383. The van der Waals surface area contributed by atoms with Gasteiger partial charge in [0.2, 0.25) is 20.0 Å². The summed E-state index contributed by atoms with van der Waals surface area (Å²) >= 11 is 12.8. The van der Waals surface area contributed by atoms with Crippen molar-refractivity contribution in [3.63, 3.8) is 0 Å². The van der Waals surface area contributed by atoms with E-state index in [1.54, 1.807) is 12.1 Å². The zero-order valence-corrected chi connectivity index (χ0v) is 42.3. The number of hydrogen-bond acceptors (Lipinski definition) is 15. The van der Waals surface area contributed by atoms with Crippen molar-refractivity contribution in [2.75, 3.05) is 71.6 Å². The van der Waals surface area contributed by atoms with Crippen LogP contribution in [0.5, 0.6) is 0 Å². The number of carbonyl (C=O) groups is 3. The van der Waals surface area contributed by atoms with Gasteiger partial charge in [-0.3, -0.25) is 29.8 Å². The number of urea groups is 1. The summed E-state index contributed by atoms with van der Waals surface area (Å²) in [6.07, 6.45) is 0. The monoisotopic (exact) mass is 1110 g/mol. The summed E-state index contributed by atoms with van der Waals surface area (Å²) in [6, 6.07) is 21.7. The number of halogens is 2. The Labute approximate surface area is 439 Å². The van der Waals surface area contributed by atoms with Crippen LogP contribution < -0.4 is 29.9 Å². The van der Waals surface area contributed by atoms with Crippen LogP contribution in [0, 0.1) is 20.2 Å². The first-order chi connectivity index (χ1) is 36.3. The number of anilines is 4. The van der Waals surface area contributed by atoms with E-state index in [0.717, 1.165) is 0 Å². The Kier molecular flexibility index (Phi) is 13.7. The van der Waals surface area contributed by atoms with Crippen molar-refractivity contribution >= 4 is 139 Å². The Morgan fingerprint density at radius 2 is 1.00 bits per heavy atom. The number of benzene rings is 6. The molecule has 0 spiro atoms. The largest absolute Gasteiger partial charge is 0.451 e. The molecule has 2 unspecified atom stereocenters. The minimum absolute atomic E-state index is 0.0151. The average Bonchev–Trinajstić information content (AvgIpc) is 4.35. The number of nitro benzene ring substituents is 2. The van der Waals surface area contributed by atoms with Crippen LogP contribution in [-0.2, 0) is 20.0 Å². The van der Waals surface area contributed by atoms with Crippen LogP contribution in [0.15, 0.2) is 116 Å². The minimum Gasteiger partial charge on any atom is -0.451 e. The SMILES string of the molecule is O=C(Nc1ccc2oc(C(=O)N3CC(CCl)c4c3cc([N+](=O)[O-])c3cc(S(=O)(=O)NCCO)ccc43)cc2c1)Nc1ccc2oc(C(=O)N3CC(CCl)c4c3cc([N+](=O)[O-])c3cc(S(=O)(=O)NCCO)ccc43)cc2c1. The summed E-state index contributed by atoms with van der Waals surface area (Å²) < 4.78 is 67.7. The standard InChI is InChI=1S/C49H40Cl2N8O15S2/c50-21-27-23-56(39-19-37(58(65)66)35-17-31(3-5-33(35)45(27)39)75(69,70)52-9-11-60)47(62)43-15-25-13-29(1-7-41(25)73-43)54-49(64)55-30-2-8-42-26(14-30)16-44(74-42)48(63)57-24-28(22-51)46-34-6-4-32(76(71,72)53-10-12-61)18-36(34)38(59(67)68)20-40(46)57/h1-8,13-20,27-28,52-53,60-61H,9-12,21-24H2,(H2,54,55,64). The number of non-ortho nitro benzene ring substituents is 2. The lowest BCUT2D eigenvalue weighted by atomic mass is 9.95. The number of nitro groups is 2. The van der Waals surface area contributed by atoms with E-state index in [0.29, 0.717) is 44.0 Å². The van der Waals surface area contributed by atoms with E-state index in [1.807, 2.05) is 0 Å². The topological polar surface area (TPSA) is 327 Å². The second-order valence-corrected chi connectivity index (χ2v) is 21.8. The second kappa shape index (κ2) is 20.1. The van der Waals surface area contributed by atoms with Crippen molar-refractivity contribution in [3.8, 4) is 0 Å². The highest BCUT2D eigenvalue weighted by molar-refractivity contribution is 7.89. The third-order valence-electron chi connectivity index (χ3n) is 13.1. The molecule has 0 bridgehead atoms.